The van der Waals surface area contributed by atoms with E-state index < -0.39 is 12.5 Å². The summed E-state index contributed by atoms with van der Waals surface area (Å²) in [7, 11) is 0. The van der Waals surface area contributed by atoms with Gasteiger partial charge in [-0.25, -0.2) is 0 Å². The maximum absolute atomic E-state index is 12.6. The molecule has 3 rings (SSSR count). The fraction of sp³-hybridized carbons (Fsp3) is 0.450. The second-order valence-electron chi connectivity index (χ2n) is 6.74. The van der Waals surface area contributed by atoms with Crippen LogP contribution in [-0.2, 0) is 16.1 Å². The lowest BCUT2D eigenvalue weighted by Crippen LogP contribution is -2.33. The Balaban J connectivity index is 1.48. The highest BCUT2D eigenvalue weighted by atomic mass is 32.2. The summed E-state index contributed by atoms with van der Waals surface area (Å²) in [6, 6.07) is 6.80. The van der Waals surface area contributed by atoms with E-state index in [0.29, 0.717) is 30.2 Å². The van der Waals surface area contributed by atoms with Gasteiger partial charge in [-0.05, 0) is 30.5 Å². The molecule has 1 aromatic rings. The molecule has 1 aliphatic heterocycles. The van der Waals surface area contributed by atoms with Gasteiger partial charge in [0.05, 0.1) is 6.61 Å². The maximum atomic E-state index is 12.6. The van der Waals surface area contributed by atoms with Crippen molar-refractivity contribution in [3.05, 3.63) is 53.0 Å². The van der Waals surface area contributed by atoms with Crippen LogP contribution in [0, 0.1) is 0 Å². The fourth-order valence-electron chi connectivity index (χ4n) is 3.14. The average molecular weight is 429 g/mol. The minimum absolute atomic E-state index is 0.0138. The van der Waals surface area contributed by atoms with Crippen LogP contribution in [0.5, 0.6) is 5.75 Å². The number of hydrogen-bond acceptors (Lipinski definition) is 5. The Hall–Kier alpha value is -1.97. The molecule has 0 aromatic heterocycles. The van der Waals surface area contributed by atoms with Crippen LogP contribution in [-0.4, -0.2) is 53.3 Å². The van der Waals surface area contributed by atoms with E-state index >= 15 is 0 Å². The number of benzene rings is 1. The molecular weight excluding hydrogens is 407 g/mol. The predicted octanol–water partition coefficient (Wildman–Crippen LogP) is 3.64. The van der Waals surface area contributed by atoms with Gasteiger partial charge >= 0.3 is 6.36 Å². The molecule has 1 fully saturated rings. The first-order chi connectivity index (χ1) is 13.8. The van der Waals surface area contributed by atoms with Gasteiger partial charge in [-0.1, -0.05) is 30.4 Å². The highest BCUT2D eigenvalue weighted by molar-refractivity contribution is 8.03. The normalized spacial score (nSPS) is 21.9. The first kappa shape index (κ1) is 21.7. The zero-order chi connectivity index (χ0) is 20.9. The molecule has 1 saturated heterocycles. The number of ether oxygens (including phenoxy) is 2. The number of hydrogen-bond donors (Lipinski definition) is 1. The van der Waals surface area contributed by atoms with Crippen molar-refractivity contribution in [2.24, 2.45) is 0 Å². The van der Waals surface area contributed by atoms with E-state index in [1.807, 2.05) is 0 Å². The monoisotopic (exact) mass is 429 g/mol. The number of amides is 1. The lowest BCUT2D eigenvalue weighted by molar-refractivity contribution is -0.336. The van der Waals surface area contributed by atoms with Gasteiger partial charge in [0.1, 0.15) is 11.9 Å². The SMILES string of the molecule is O=C(COc1ccc(CO)cc1)N1CCC(SC2=CC=CCC2OC(F)(F)F)C1. The largest absolute Gasteiger partial charge is 0.523 e. The van der Waals surface area contributed by atoms with Crippen molar-refractivity contribution in [2.75, 3.05) is 19.7 Å². The zero-order valence-corrected chi connectivity index (χ0v) is 16.4. The van der Waals surface area contributed by atoms with Crippen LogP contribution >= 0.6 is 11.8 Å². The molecule has 2 unspecified atom stereocenters. The van der Waals surface area contributed by atoms with E-state index in [-0.39, 0.29) is 30.8 Å². The number of allylic oxidation sites excluding steroid dienone is 2. The van der Waals surface area contributed by atoms with E-state index in [1.54, 1.807) is 47.4 Å². The molecule has 0 bridgehead atoms. The third kappa shape index (κ3) is 6.52. The van der Waals surface area contributed by atoms with Crippen molar-refractivity contribution < 1.29 is 32.5 Å². The van der Waals surface area contributed by atoms with Crippen LogP contribution in [0.25, 0.3) is 0 Å². The van der Waals surface area contributed by atoms with Gasteiger partial charge in [0.2, 0.25) is 0 Å². The molecule has 1 amide bonds. The van der Waals surface area contributed by atoms with Gasteiger partial charge in [-0.2, -0.15) is 0 Å². The fourth-order valence-corrected chi connectivity index (χ4v) is 4.46. The Bertz CT molecular complexity index is 764. The lowest BCUT2D eigenvalue weighted by Gasteiger charge is -2.24. The number of carbonyl (C=O) groups excluding carboxylic acids is 1. The minimum Gasteiger partial charge on any atom is -0.484 e. The molecule has 0 spiro atoms. The van der Waals surface area contributed by atoms with E-state index in [9.17, 15) is 18.0 Å². The van der Waals surface area contributed by atoms with Crippen LogP contribution in [0.1, 0.15) is 18.4 Å². The summed E-state index contributed by atoms with van der Waals surface area (Å²) in [6.07, 6.45) is 0.188. The molecule has 1 aliphatic carbocycles. The van der Waals surface area contributed by atoms with Gasteiger partial charge < -0.3 is 14.7 Å². The van der Waals surface area contributed by atoms with Gasteiger partial charge in [-0.3, -0.25) is 9.53 Å². The van der Waals surface area contributed by atoms with E-state index in [0.717, 1.165) is 5.56 Å². The Morgan fingerprint density at radius 1 is 1.28 bits per heavy atom. The van der Waals surface area contributed by atoms with Crippen molar-refractivity contribution >= 4 is 17.7 Å². The van der Waals surface area contributed by atoms with Crippen molar-refractivity contribution in [2.45, 2.75) is 37.2 Å². The van der Waals surface area contributed by atoms with Crippen LogP contribution in [0.4, 0.5) is 13.2 Å². The summed E-state index contributed by atoms with van der Waals surface area (Å²) in [4.78, 5) is 14.6. The van der Waals surface area contributed by atoms with E-state index in [1.165, 1.54) is 11.8 Å². The molecule has 5 nitrogen and oxygen atoms in total. The molecular formula is C20H22F3NO4S. The van der Waals surface area contributed by atoms with Crippen LogP contribution in [0.15, 0.2) is 47.4 Å². The number of aliphatic hydroxyl groups excluding tert-OH is 1. The smallest absolute Gasteiger partial charge is 0.484 e. The zero-order valence-electron chi connectivity index (χ0n) is 15.6. The lowest BCUT2D eigenvalue weighted by atomic mass is 10.1. The first-order valence-electron chi connectivity index (χ1n) is 9.22. The second-order valence-corrected chi connectivity index (χ2v) is 8.12. The minimum atomic E-state index is -4.68. The van der Waals surface area contributed by atoms with Crippen LogP contribution < -0.4 is 4.74 Å². The molecule has 1 heterocycles. The molecule has 1 N–H and O–H groups in total. The molecule has 2 aliphatic rings. The molecule has 29 heavy (non-hydrogen) atoms. The summed E-state index contributed by atoms with van der Waals surface area (Å²) in [5, 5.41) is 9.04. The van der Waals surface area contributed by atoms with E-state index in [4.69, 9.17) is 9.84 Å². The molecule has 0 radical (unpaired) electrons. The number of alkyl halides is 3. The molecule has 0 saturated carbocycles. The summed E-state index contributed by atoms with van der Waals surface area (Å²) in [5.74, 6) is 0.368. The number of nitrogens with zero attached hydrogens (tertiary/aromatic N) is 1. The van der Waals surface area contributed by atoms with Crippen LogP contribution in [0.2, 0.25) is 0 Å². The summed E-state index contributed by atoms with van der Waals surface area (Å²) in [6.45, 7) is 0.821. The number of thioether (sulfide) groups is 1. The quantitative estimate of drug-likeness (QED) is 0.717. The number of aliphatic hydroxyl groups is 1. The van der Waals surface area contributed by atoms with Crippen molar-refractivity contribution in [1.82, 2.24) is 4.90 Å². The Morgan fingerprint density at radius 2 is 2.03 bits per heavy atom. The maximum Gasteiger partial charge on any atom is 0.523 e. The summed E-state index contributed by atoms with van der Waals surface area (Å²) >= 11 is 1.34. The Labute approximate surface area is 171 Å². The van der Waals surface area contributed by atoms with Crippen molar-refractivity contribution in [1.29, 1.82) is 0 Å². The molecule has 158 valence electrons. The molecule has 2 atom stereocenters. The molecule has 9 heteroatoms. The highest BCUT2D eigenvalue weighted by Crippen LogP contribution is 2.37. The number of carbonyl (C=O) groups is 1. The summed E-state index contributed by atoms with van der Waals surface area (Å²) in [5.41, 5.74) is 0.753. The molecule has 1 aromatic carbocycles. The van der Waals surface area contributed by atoms with Crippen molar-refractivity contribution in [3.8, 4) is 5.75 Å². The van der Waals surface area contributed by atoms with Crippen molar-refractivity contribution in [3.63, 3.8) is 0 Å². The number of likely N-dealkylation sites (tertiary alicyclic amines) is 1. The highest BCUT2D eigenvalue weighted by Gasteiger charge is 2.36. The Kier molecular flexibility index (Phi) is 7.26. The van der Waals surface area contributed by atoms with Gasteiger partial charge in [-0.15, -0.1) is 24.9 Å². The first-order valence-corrected chi connectivity index (χ1v) is 10.1. The standard InChI is InChI=1S/C20H22F3NO4S/c21-20(22,23)28-17-3-1-2-4-18(17)29-16-9-10-24(11-16)19(26)13-27-15-7-5-14(12-25)6-8-15/h1-2,4-8,16-17,25H,3,9-13H2. The second kappa shape index (κ2) is 9.69. The predicted molar refractivity (Wildman–Crippen MR) is 103 cm³/mol. The number of halogens is 3. The Morgan fingerprint density at radius 3 is 2.72 bits per heavy atom. The average Bonchev–Trinajstić information content (AvgIpc) is 3.15. The third-order valence-electron chi connectivity index (χ3n) is 4.61. The van der Waals surface area contributed by atoms with Gasteiger partial charge in [0, 0.05) is 23.2 Å². The van der Waals surface area contributed by atoms with E-state index in [2.05, 4.69) is 4.74 Å². The van der Waals surface area contributed by atoms with Crippen LogP contribution in [0.3, 0.4) is 0 Å². The topological polar surface area (TPSA) is 59.0 Å². The number of rotatable bonds is 7. The third-order valence-corrected chi connectivity index (χ3v) is 6.00. The summed E-state index contributed by atoms with van der Waals surface area (Å²) < 4.78 is 47.5. The van der Waals surface area contributed by atoms with Gasteiger partial charge in [0.15, 0.2) is 6.61 Å². The van der Waals surface area contributed by atoms with Gasteiger partial charge in [0.25, 0.3) is 5.91 Å².